The van der Waals surface area contributed by atoms with Gasteiger partial charge in [-0.2, -0.15) is 0 Å². The fourth-order valence-corrected chi connectivity index (χ4v) is 4.42. The van der Waals surface area contributed by atoms with Crippen LogP contribution in [0.15, 0.2) is 23.2 Å². The predicted octanol–water partition coefficient (Wildman–Crippen LogP) is -0.723. The van der Waals surface area contributed by atoms with E-state index >= 15 is 0 Å². The summed E-state index contributed by atoms with van der Waals surface area (Å²) in [6.45, 7) is 3.18. The summed E-state index contributed by atoms with van der Waals surface area (Å²) in [5, 5.41) is 12.0. The first kappa shape index (κ1) is 25.2. The summed E-state index contributed by atoms with van der Waals surface area (Å²) >= 11 is 0. The van der Waals surface area contributed by atoms with Gasteiger partial charge in [0.25, 0.3) is 0 Å². The Morgan fingerprint density at radius 2 is 2.03 bits per heavy atom. The summed E-state index contributed by atoms with van der Waals surface area (Å²) in [4.78, 5) is 27.0. The Morgan fingerprint density at radius 3 is 2.62 bits per heavy atom. The Morgan fingerprint density at radius 1 is 1.31 bits per heavy atom. The van der Waals surface area contributed by atoms with Crippen molar-refractivity contribution in [1.82, 2.24) is 10.0 Å². The molecule has 178 valence electrons. The molecule has 1 aliphatic heterocycles. The van der Waals surface area contributed by atoms with E-state index in [9.17, 15) is 23.1 Å². The number of aliphatic carboxylic acids is 1. The molecule has 0 fully saturated rings. The Balaban J connectivity index is 2.13. The number of nitrogens with two attached hydrogens (primary N) is 2. The van der Waals surface area contributed by atoms with Crippen LogP contribution < -0.4 is 31.0 Å². The maximum absolute atomic E-state index is 12.1. The van der Waals surface area contributed by atoms with Crippen LogP contribution in [0.2, 0.25) is 0 Å². The topological polar surface area (TPSA) is 195 Å². The van der Waals surface area contributed by atoms with Crippen molar-refractivity contribution in [2.24, 2.45) is 16.5 Å². The number of nitrogens with zero attached hydrogens (tertiary/aromatic N) is 1. The largest absolute Gasteiger partial charge is 0.486 e. The summed E-state index contributed by atoms with van der Waals surface area (Å²) < 4.78 is 38.0. The second-order valence-electron chi connectivity index (χ2n) is 7.33. The highest BCUT2D eigenvalue weighted by molar-refractivity contribution is 7.89. The zero-order chi connectivity index (χ0) is 23.9. The molecule has 1 aromatic carbocycles. The summed E-state index contributed by atoms with van der Waals surface area (Å²) in [6.07, 6.45) is -0.529. The summed E-state index contributed by atoms with van der Waals surface area (Å²) in [7, 11) is -3.72. The minimum absolute atomic E-state index is 0.0180. The lowest BCUT2D eigenvalue weighted by atomic mass is 10.1. The van der Waals surface area contributed by atoms with E-state index in [1.54, 1.807) is 18.2 Å². The van der Waals surface area contributed by atoms with Gasteiger partial charge in [0.15, 0.2) is 29.7 Å². The average molecular weight is 472 g/mol. The molecule has 2 rings (SSSR count). The van der Waals surface area contributed by atoms with E-state index in [2.05, 4.69) is 15.0 Å². The molecule has 1 heterocycles. The van der Waals surface area contributed by atoms with Crippen LogP contribution in [0.5, 0.6) is 11.5 Å². The van der Waals surface area contributed by atoms with Gasteiger partial charge in [0.1, 0.15) is 12.6 Å². The number of fused-ring (bicyclic) bond motifs is 1. The van der Waals surface area contributed by atoms with Crippen molar-refractivity contribution in [1.29, 1.82) is 0 Å². The van der Waals surface area contributed by atoms with Crippen LogP contribution in [0.25, 0.3) is 0 Å². The van der Waals surface area contributed by atoms with Gasteiger partial charge in [-0.3, -0.25) is 9.59 Å². The van der Waals surface area contributed by atoms with Crippen LogP contribution in [-0.2, 0) is 26.0 Å². The molecule has 0 radical (unpaired) electrons. The number of benzene rings is 1. The number of aliphatic imine (C=N–C) groups is 1. The lowest BCUT2D eigenvalue weighted by Gasteiger charge is -2.31. The number of sulfonamides is 1. The van der Waals surface area contributed by atoms with Gasteiger partial charge in [-0.1, -0.05) is 19.4 Å². The molecule has 3 atom stereocenters. The highest BCUT2D eigenvalue weighted by Gasteiger charge is 2.31. The first-order valence-electron chi connectivity index (χ1n) is 10.0. The van der Waals surface area contributed by atoms with Crippen molar-refractivity contribution in [3.05, 3.63) is 23.8 Å². The van der Waals surface area contributed by atoms with E-state index in [0.717, 1.165) is 0 Å². The molecule has 32 heavy (non-hydrogen) atoms. The second kappa shape index (κ2) is 11.0. The highest BCUT2D eigenvalue weighted by atomic mass is 32.2. The molecule has 7 N–H and O–H groups in total. The third-order valence-electron chi connectivity index (χ3n) is 4.51. The van der Waals surface area contributed by atoms with Gasteiger partial charge < -0.3 is 31.4 Å². The SMILES string of the molecule is CCCCS(=O)(=O)N[C@@H](Cc1ccc2c(c1)OCC(C(N=C(N)N)NC(C)=O)O2)C(=O)O. The molecule has 0 saturated heterocycles. The molecular weight excluding hydrogens is 442 g/mol. The zero-order valence-corrected chi connectivity index (χ0v) is 18.7. The summed E-state index contributed by atoms with van der Waals surface area (Å²) in [5.74, 6) is -1.30. The monoisotopic (exact) mass is 471 g/mol. The molecule has 1 aromatic rings. The number of carboxylic acid groups (broad SMARTS) is 1. The van der Waals surface area contributed by atoms with Crippen LogP contribution in [0.4, 0.5) is 0 Å². The molecule has 0 spiro atoms. The molecule has 1 amide bonds. The Bertz CT molecular complexity index is 963. The third kappa shape index (κ3) is 7.57. The number of hydrogen-bond donors (Lipinski definition) is 5. The number of nitrogens with one attached hydrogen (secondary N) is 2. The fraction of sp³-hybridized carbons (Fsp3) is 0.526. The maximum atomic E-state index is 12.1. The average Bonchev–Trinajstić information content (AvgIpc) is 2.70. The zero-order valence-electron chi connectivity index (χ0n) is 17.9. The highest BCUT2D eigenvalue weighted by Crippen LogP contribution is 2.33. The molecule has 1 aliphatic rings. The van der Waals surface area contributed by atoms with E-state index in [1.165, 1.54) is 6.92 Å². The van der Waals surface area contributed by atoms with E-state index < -0.39 is 34.3 Å². The van der Waals surface area contributed by atoms with Gasteiger partial charge in [0.2, 0.25) is 15.9 Å². The van der Waals surface area contributed by atoms with Crippen LogP contribution >= 0.6 is 0 Å². The number of carboxylic acids is 1. The molecule has 0 aromatic heterocycles. The lowest BCUT2D eigenvalue weighted by molar-refractivity contribution is -0.139. The van der Waals surface area contributed by atoms with Crippen molar-refractivity contribution in [2.75, 3.05) is 12.4 Å². The van der Waals surface area contributed by atoms with Gasteiger partial charge in [-0.05, 0) is 30.5 Å². The Kier molecular flexibility index (Phi) is 8.66. The molecule has 2 unspecified atom stereocenters. The number of ether oxygens (including phenoxy) is 2. The molecule has 0 aliphatic carbocycles. The Hall–Kier alpha value is -3.06. The van der Waals surface area contributed by atoms with Gasteiger partial charge in [0.05, 0.1) is 5.75 Å². The normalized spacial score (nSPS) is 17.1. The van der Waals surface area contributed by atoms with Crippen LogP contribution in [-0.4, -0.2) is 62.0 Å². The third-order valence-corrected chi connectivity index (χ3v) is 5.98. The molecule has 13 heteroatoms. The standard InChI is InChI=1S/C19H29N5O7S/c1-3-4-7-32(28,29)24-13(18(26)27)8-12-5-6-14-15(9-12)30-10-16(31-14)17(22-11(2)25)23-19(20)21/h5-6,9,13,16-17,24H,3-4,7-8,10H2,1-2H3,(H,22,25)(H,26,27)(H4,20,21,23)/t13-,16?,17?/m0/s1. The predicted molar refractivity (Wildman–Crippen MR) is 117 cm³/mol. The number of carbonyl (C=O) groups is 2. The van der Waals surface area contributed by atoms with Gasteiger partial charge >= 0.3 is 5.97 Å². The van der Waals surface area contributed by atoms with Gasteiger partial charge in [-0.25, -0.2) is 18.1 Å². The number of carbonyl (C=O) groups excluding carboxylic acids is 1. The number of amides is 1. The molecule has 0 bridgehead atoms. The van der Waals surface area contributed by atoms with E-state index in [4.69, 9.17) is 20.9 Å². The van der Waals surface area contributed by atoms with Crippen molar-refractivity contribution in [3.63, 3.8) is 0 Å². The van der Waals surface area contributed by atoms with Gasteiger partial charge in [-0.15, -0.1) is 0 Å². The van der Waals surface area contributed by atoms with Crippen LogP contribution in [0.3, 0.4) is 0 Å². The number of rotatable bonds is 11. The van der Waals surface area contributed by atoms with Crippen molar-refractivity contribution in [2.45, 2.75) is 51.4 Å². The summed E-state index contributed by atoms with van der Waals surface area (Å²) in [5.41, 5.74) is 11.4. The van der Waals surface area contributed by atoms with Crippen molar-refractivity contribution < 1.29 is 32.6 Å². The minimum atomic E-state index is -3.72. The molecular formula is C19H29N5O7S. The van der Waals surface area contributed by atoms with Gasteiger partial charge in [0, 0.05) is 6.92 Å². The van der Waals surface area contributed by atoms with Crippen LogP contribution in [0, 0.1) is 0 Å². The maximum Gasteiger partial charge on any atom is 0.322 e. The van der Waals surface area contributed by atoms with Crippen molar-refractivity contribution in [3.8, 4) is 11.5 Å². The summed E-state index contributed by atoms with van der Waals surface area (Å²) in [6, 6.07) is 3.44. The first-order chi connectivity index (χ1) is 15.0. The van der Waals surface area contributed by atoms with Crippen LogP contribution in [0.1, 0.15) is 32.3 Å². The fourth-order valence-electron chi connectivity index (χ4n) is 3.02. The first-order valence-corrected chi connectivity index (χ1v) is 11.7. The van der Waals surface area contributed by atoms with E-state index in [1.807, 2.05) is 6.92 Å². The molecule has 12 nitrogen and oxygen atoms in total. The number of unbranched alkanes of at least 4 members (excludes halogenated alkanes) is 1. The minimum Gasteiger partial charge on any atom is -0.486 e. The quantitative estimate of drug-likeness (QED) is 0.204. The smallest absolute Gasteiger partial charge is 0.322 e. The second-order valence-corrected chi connectivity index (χ2v) is 9.21. The molecule has 0 saturated carbocycles. The van der Waals surface area contributed by atoms with E-state index in [-0.39, 0.29) is 30.6 Å². The number of guanidine groups is 1. The number of hydrogen-bond acceptors (Lipinski definition) is 7. The van der Waals surface area contributed by atoms with E-state index in [0.29, 0.717) is 29.9 Å². The van der Waals surface area contributed by atoms with Crippen molar-refractivity contribution >= 4 is 27.9 Å². The Labute approximate surface area is 186 Å². The lowest BCUT2D eigenvalue weighted by Crippen LogP contribution is -2.49.